The van der Waals surface area contributed by atoms with Crippen LogP contribution in [0.5, 0.6) is 5.75 Å². The number of hydrogen-bond acceptors (Lipinski definition) is 7. The van der Waals surface area contributed by atoms with Crippen molar-refractivity contribution in [2.24, 2.45) is 5.73 Å². The van der Waals surface area contributed by atoms with Crippen LogP contribution in [0.1, 0.15) is 85.1 Å². The fourth-order valence-corrected chi connectivity index (χ4v) is 5.88. The lowest BCUT2D eigenvalue weighted by Crippen LogP contribution is -2.63. The maximum Gasteiger partial charge on any atom is 0.433 e. The van der Waals surface area contributed by atoms with E-state index in [0.717, 1.165) is 30.0 Å². The summed E-state index contributed by atoms with van der Waals surface area (Å²) in [4.78, 5) is 37.6. The molecular weight excluding hydrogens is 587 g/mol. The second kappa shape index (κ2) is 11.8. The van der Waals surface area contributed by atoms with E-state index in [1.165, 1.54) is 12.1 Å². The molecule has 0 radical (unpaired) electrons. The summed E-state index contributed by atoms with van der Waals surface area (Å²) in [6, 6.07) is 12.4. The van der Waals surface area contributed by atoms with E-state index in [-0.39, 0.29) is 34.5 Å². The molecule has 236 valence electrons. The van der Waals surface area contributed by atoms with Crippen LogP contribution in [0.25, 0.3) is 22.4 Å². The third-order valence-electron chi connectivity index (χ3n) is 8.48. The lowest BCUT2D eigenvalue weighted by Gasteiger charge is -2.43. The first kappa shape index (κ1) is 30.6. The van der Waals surface area contributed by atoms with Crippen LogP contribution in [0.3, 0.4) is 0 Å². The standard InChI is InChI=1S/C33H34F3N5O4/c1-3-4-16-44-24-12-10-23(22-11-13-25(33(34,35)36)38-26(22)24)30-39-27(28(45-30)19(2)37)29(42)40-32(14-7-15-32)31(43)41-17-20-8-5-6-9-21(20)18-41/h5-6,8-13,19H,3-4,7,14-18,37H2,1-2H3,(H,40,42). The molecule has 1 aliphatic carbocycles. The monoisotopic (exact) mass is 621 g/mol. The van der Waals surface area contributed by atoms with Crippen LogP contribution >= 0.6 is 0 Å². The van der Waals surface area contributed by atoms with E-state index in [1.807, 2.05) is 31.2 Å². The summed E-state index contributed by atoms with van der Waals surface area (Å²) < 4.78 is 52.6. The third kappa shape index (κ3) is 5.74. The molecular formula is C33H34F3N5O4. The lowest BCUT2D eigenvalue weighted by molar-refractivity contribution is -0.142. The number of oxazole rings is 1. The van der Waals surface area contributed by atoms with Gasteiger partial charge in [-0.05, 0) is 68.0 Å². The average Bonchev–Trinajstić information content (AvgIpc) is 3.63. The Kier molecular flexibility index (Phi) is 8.02. The predicted octanol–water partition coefficient (Wildman–Crippen LogP) is 6.30. The Labute approximate surface area is 258 Å². The molecule has 1 aliphatic heterocycles. The second-order valence-corrected chi connectivity index (χ2v) is 11.7. The topological polar surface area (TPSA) is 124 Å². The number of rotatable bonds is 9. The summed E-state index contributed by atoms with van der Waals surface area (Å²) in [5.74, 6) is -0.485. The third-order valence-corrected chi connectivity index (χ3v) is 8.48. The number of fused-ring (bicyclic) bond motifs is 2. The van der Waals surface area contributed by atoms with Gasteiger partial charge in [0.2, 0.25) is 11.8 Å². The highest BCUT2D eigenvalue weighted by molar-refractivity contribution is 6.01. The van der Waals surface area contributed by atoms with Crippen molar-refractivity contribution in [2.45, 2.75) is 76.8 Å². The molecule has 2 aliphatic rings. The van der Waals surface area contributed by atoms with Gasteiger partial charge in [-0.2, -0.15) is 13.2 Å². The fraction of sp³-hybridized carbons (Fsp3) is 0.394. The molecule has 3 N–H and O–H groups in total. The molecule has 1 saturated carbocycles. The Hall–Kier alpha value is -4.45. The maximum absolute atomic E-state index is 13.8. The second-order valence-electron chi connectivity index (χ2n) is 11.7. The van der Waals surface area contributed by atoms with Crippen LogP contribution in [0.4, 0.5) is 13.2 Å². The highest BCUT2D eigenvalue weighted by atomic mass is 19.4. The molecule has 6 rings (SSSR count). The average molecular weight is 622 g/mol. The van der Waals surface area contributed by atoms with Crippen molar-refractivity contribution in [3.63, 3.8) is 0 Å². The van der Waals surface area contributed by atoms with Crippen LogP contribution in [-0.2, 0) is 24.1 Å². The number of nitrogens with two attached hydrogens (primary N) is 1. The number of hydrogen-bond donors (Lipinski definition) is 2. The first-order valence-electron chi connectivity index (χ1n) is 15.1. The molecule has 12 heteroatoms. The molecule has 0 saturated heterocycles. The Bertz CT molecular complexity index is 1740. The molecule has 1 fully saturated rings. The molecule has 45 heavy (non-hydrogen) atoms. The summed E-state index contributed by atoms with van der Waals surface area (Å²) in [5.41, 5.74) is 6.45. The van der Waals surface area contributed by atoms with Gasteiger partial charge in [-0.1, -0.05) is 37.6 Å². The molecule has 4 aromatic rings. The molecule has 2 aromatic heterocycles. The van der Waals surface area contributed by atoms with Crippen LogP contribution in [-0.4, -0.2) is 38.8 Å². The number of benzene rings is 2. The van der Waals surface area contributed by atoms with E-state index in [4.69, 9.17) is 14.9 Å². The van der Waals surface area contributed by atoms with Gasteiger partial charge in [0.25, 0.3) is 5.91 Å². The summed E-state index contributed by atoms with van der Waals surface area (Å²) in [6.45, 7) is 4.87. The largest absolute Gasteiger partial charge is 0.491 e. The van der Waals surface area contributed by atoms with Crippen LogP contribution in [0.15, 0.2) is 52.9 Å². The molecule has 1 atom stereocenters. The fourth-order valence-electron chi connectivity index (χ4n) is 5.88. The summed E-state index contributed by atoms with van der Waals surface area (Å²) in [7, 11) is 0. The number of carbonyl (C=O) groups excluding carboxylic acids is 2. The molecule has 0 spiro atoms. The smallest absolute Gasteiger partial charge is 0.433 e. The quantitative estimate of drug-likeness (QED) is 0.210. The summed E-state index contributed by atoms with van der Waals surface area (Å²) >= 11 is 0. The number of alkyl halides is 3. The molecule has 2 amide bonds. The van der Waals surface area contributed by atoms with Gasteiger partial charge in [0.15, 0.2) is 11.5 Å². The number of halogens is 3. The van der Waals surface area contributed by atoms with Gasteiger partial charge in [0.1, 0.15) is 22.5 Å². The lowest BCUT2D eigenvalue weighted by atomic mass is 9.75. The highest BCUT2D eigenvalue weighted by Gasteiger charge is 2.49. The molecule has 0 bridgehead atoms. The Morgan fingerprint density at radius 2 is 1.80 bits per heavy atom. The van der Waals surface area contributed by atoms with Crippen molar-refractivity contribution in [2.75, 3.05) is 6.61 Å². The van der Waals surface area contributed by atoms with Gasteiger partial charge in [-0.3, -0.25) is 9.59 Å². The number of nitrogens with zero attached hydrogens (tertiary/aromatic N) is 3. The zero-order chi connectivity index (χ0) is 31.9. The molecule has 2 aromatic carbocycles. The first-order chi connectivity index (χ1) is 21.5. The minimum absolute atomic E-state index is 0.00407. The van der Waals surface area contributed by atoms with Crippen LogP contribution < -0.4 is 15.8 Å². The number of ether oxygens (including phenoxy) is 1. The van der Waals surface area contributed by atoms with Crippen molar-refractivity contribution in [3.8, 4) is 17.2 Å². The number of aromatic nitrogens is 2. The Morgan fingerprint density at radius 1 is 1.09 bits per heavy atom. The normalized spacial score (nSPS) is 16.3. The number of amides is 2. The zero-order valence-electron chi connectivity index (χ0n) is 25.0. The van der Waals surface area contributed by atoms with E-state index >= 15 is 0 Å². The highest BCUT2D eigenvalue weighted by Crippen LogP contribution is 2.39. The first-order valence-corrected chi connectivity index (χ1v) is 15.1. The number of nitrogens with one attached hydrogen (secondary N) is 1. The van der Waals surface area contributed by atoms with E-state index in [9.17, 15) is 22.8 Å². The SMILES string of the molecule is CCCCOc1ccc(-c2nc(C(=O)NC3(C(=O)N4Cc5ccccc5C4)CCC3)c(C(C)N)o2)c2ccc(C(F)(F)F)nc12. The molecule has 1 unspecified atom stereocenters. The van der Waals surface area contributed by atoms with Crippen molar-refractivity contribution in [3.05, 3.63) is 76.8 Å². The number of carbonyl (C=O) groups is 2. The van der Waals surface area contributed by atoms with E-state index < -0.39 is 29.4 Å². The van der Waals surface area contributed by atoms with E-state index in [0.29, 0.717) is 49.9 Å². The van der Waals surface area contributed by atoms with Gasteiger partial charge in [0.05, 0.1) is 12.6 Å². The Morgan fingerprint density at radius 3 is 2.40 bits per heavy atom. The summed E-state index contributed by atoms with van der Waals surface area (Å²) in [6.07, 6.45) is -1.35. The molecule has 3 heterocycles. The van der Waals surface area contributed by atoms with E-state index in [1.54, 1.807) is 17.9 Å². The van der Waals surface area contributed by atoms with Gasteiger partial charge in [-0.15, -0.1) is 0 Å². The van der Waals surface area contributed by atoms with Gasteiger partial charge >= 0.3 is 6.18 Å². The summed E-state index contributed by atoms with van der Waals surface area (Å²) in [5, 5.41) is 3.25. The van der Waals surface area contributed by atoms with Crippen molar-refractivity contribution >= 4 is 22.7 Å². The Balaban J connectivity index is 1.33. The van der Waals surface area contributed by atoms with Gasteiger partial charge in [-0.25, -0.2) is 9.97 Å². The van der Waals surface area contributed by atoms with Crippen molar-refractivity contribution in [1.29, 1.82) is 0 Å². The van der Waals surface area contributed by atoms with Gasteiger partial charge in [0, 0.05) is 24.0 Å². The minimum Gasteiger partial charge on any atom is -0.491 e. The van der Waals surface area contributed by atoms with Crippen molar-refractivity contribution in [1.82, 2.24) is 20.2 Å². The predicted molar refractivity (Wildman–Crippen MR) is 160 cm³/mol. The number of unbranched alkanes of at least 4 members (excludes halogenated alkanes) is 1. The van der Waals surface area contributed by atoms with Crippen LogP contribution in [0, 0.1) is 0 Å². The number of pyridine rings is 1. The van der Waals surface area contributed by atoms with Crippen LogP contribution in [0.2, 0.25) is 0 Å². The molecule has 9 nitrogen and oxygen atoms in total. The van der Waals surface area contributed by atoms with Gasteiger partial charge < -0.3 is 25.1 Å². The minimum atomic E-state index is -4.66. The maximum atomic E-state index is 13.8. The van der Waals surface area contributed by atoms with Crippen molar-refractivity contribution < 1.29 is 31.9 Å². The zero-order valence-corrected chi connectivity index (χ0v) is 25.0. The van der Waals surface area contributed by atoms with E-state index in [2.05, 4.69) is 15.3 Å².